The number of hydrogen-bond donors (Lipinski definition) is 2. The van der Waals surface area contributed by atoms with Crippen molar-refractivity contribution in [1.29, 1.82) is 0 Å². The van der Waals surface area contributed by atoms with Gasteiger partial charge in [-0.1, -0.05) is 0 Å². The summed E-state index contributed by atoms with van der Waals surface area (Å²) in [7, 11) is -3.62. The van der Waals surface area contributed by atoms with Gasteiger partial charge in [0.25, 0.3) is 0 Å². The summed E-state index contributed by atoms with van der Waals surface area (Å²) >= 11 is 0. The van der Waals surface area contributed by atoms with E-state index in [2.05, 4.69) is 10.0 Å². The molecule has 1 atom stereocenters. The molecule has 1 unspecified atom stereocenters. The van der Waals surface area contributed by atoms with Gasteiger partial charge < -0.3 is 14.5 Å². The fourth-order valence-corrected chi connectivity index (χ4v) is 4.31. The first kappa shape index (κ1) is 21.7. The van der Waals surface area contributed by atoms with Gasteiger partial charge in [0.15, 0.2) is 0 Å². The highest BCUT2D eigenvalue weighted by atomic mass is 35.5. The Kier molecular flexibility index (Phi) is 7.27. The molecule has 7 nitrogen and oxygen atoms in total. The molecular formula is C18H25ClN2O5S. The fraction of sp³-hybridized carbons (Fsp3) is 0.500. The van der Waals surface area contributed by atoms with Gasteiger partial charge in [-0.15, -0.1) is 12.4 Å². The summed E-state index contributed by atoms with van der Waals surface area (Å²) in [6, 6.07) is 4.60. The van der Waals surface area contributed by atoms with Gasteiger partial charge in [-0.25, -0.2) is 17.9 Å². The Labute approximate surface area is 165 Å². The first-order chi connectivity index (χ1) is 12.4. The Morgan fingerprint density at radius 2 is 2.19 bits per heavy atom. The third-order valence-electron chi connectivity index (χ3n) is 4.64. The lowest BCUT2D eigenvalue weighted by molar-refractivity contribution is 0.0491. The van der Waals surface area contributed by atoms with Gasteiger partial charge >= 0.3 is 5.97 Å². The smallest absolute Gasteiger partial charge is 0.374 e. The Balaban J connectivity index is 0.00000261. The second-order valence-corrected chi connectivity index (χ2v) is 8.27. The minimum Gasteiger partial charge on any atom is -0.460 e. The van der Waals surface area contributed by atoms with E-state index in [-0.39, 0.29) is 29.7 Å². The molecule has 1 aromatic heterocycles. The third-order valence-corrected chi connectivity index (χ3v) is 6.06. The van der Waals surface area contributed by atoms with Crippen LogP contribution in [0.4, 0.5) is 0 Å². The van der Waals surface area contributed by atoms with Crippen molar-refractivity contribution in [3.8, 4) is 0 Å². The topological polar surface area (TPSA) is 97.6 Å². The minimum absolute atomic E-state index is 0. The maximum absolute atomic E-state index is 12.6. The number of nitrogens with one attached hydrogen (secondary N) is 2. The number of halogens is 1. The molecule has 1 fully saturated rings. The maximum Gasteiger partial charge on any atom is 0.374 e. The van der Waals surface area contributed by atoms with Crippen LogP contribution in [0.2, 0.25) is 0 Å². The second-order valence-electron chi connectivity index (χ2n) is 6.50. The number of benzene rings is 1. The number of furan rings is 1. The number of ether oxygens (including phenoxy) is 1. The van der Waals surface area contributed by atoms with Gasteiger partial charge in [0.1, 0.15) is 5.58 Å². The highest BCUT2D eigenvalue weighted by molar-refractivity contribution is 7.89. The van der Waals surface area contributed by atoms with Crippen LogP contribution in [0.25, 0.3) is 11.0 Å². The van der Waals surface area contributed by atoms with Gasteiger partial charge in [-0.3, -0.25) is 0 Å². The average molecular weight is 417 g/mol. The Morgan fingerprint density at radius 1 is 1.41 bits per heavy atom. The molecule has 27 heavy (non-hydrogen) atoms. The van der Waals surface area contributed by atoms with E-state index in [1.165, 1.54) is 6.07 Å². The summed E-state index contributed by atoms with van der Waals surface area (Å²) in [5.74, 6) is -0.139. The standard InChI is InChI=1S/C18H24N2O5S.ClH/c1-3-24-18(21)17-12(2)15-9-14(6-7-16(15)25-17)26(22,23)20-11-13-5-4-8-19-10-13;/h6-7,9,13,19-20H,3-5,8,10-11H2,1-2H3;1H. The van der Waals surface area contributed by atoms with Crippen molar-refractivity contribution in [2.24, 2.45) is 5.92 Å². The molecule has 0 amide bonds. The molecule has 0 bridgehead atoms. The summed E-state index contributed by atoms with van der Waals surface area (Å²) in [5.41, 5.74) is 1.04. The zero-order valence-electron chi connectivity index (χ0n) is 15.4. The number of aryl methyl sites for hydroxylation is 1. The van der Waals surface area contributed by atoms with Crippen molar-refractivity contribution in [2.45, 2.75) is 31.6 Å². The lowest BCUT2D eigenvalue weighted by atomic mass is 10.0. The van der Waals surface area contributed by atoms with Crippen molar-refractivity contribution < 1.29 is 22.4 Å². The quantitative estimate of drug-likeness (QED) is 0.702. The van der Waals surface area contributed by atoms with Gasteiger partial charge in [0.2, 0.25) is 15.8 Å². The minimum atomic E-state index is -3.62. The van der Waals surface area contributed by atoms with Gasteiger partial charge in [0.05, 0.1) is 11.5 Å². The van der Waals surface area contributed by atoms with Crippen molar-refractivity contribution in [1.82, 2.24) is 10.0 Å². The van der Waals surface area contributed by atoms with Crippen LogP contribution in [0, 0.1) is 12.8 Å². The fourth-order valence-electron chi connectivity index (χ4n) is 3.17. The van der Waals surface area contributed by atoms with Crippen molar-refractivity contribution in [3.05, 3.63) is 29.5 Å². The zero-order valence-corrected chi connectivity index (χ0v) is 17.0. The van der Waals surface area contributed by atoms with Crippen LogP contribution in [-0.4, -0.2) is 40.6 Å². The van der Waals surface area contributed by atoms with E-state index in [0.29, 0.717) is 29.0 Å². The van der Waals surface area contributed by atoms with Crippen LogP contribution < -0.4 is 10.0 Å². The Hall–Kier alpha value is -1.61. The summed E-state index contributed by atoms with van der Waals surface area (Å²) in [5, 5.41) is 3.87. The third kappa shape index (κ3) is 4.82. The van der Waals surface area contributed by atoms with Crippen LogP contribution in [0.1, 0.15) is 35.9 Å². The van der Waals surface area contributed by atoms with Crippen molar-refractivity contribution in [3.63, 3.8) is 0 Å². The normalized spacial score (nSPS) is 17.5. The number of fused-ring (bicyclic) bond motifs is 1. The molecule has 0 spiro atoms. The second kappa shape index (κ2) is 9.05. The number of hydrogen-bond acceptors (Lipinski definition) is 6. The summed E-state index contributed by atoms with van der Waals surface area (Å²) in [6.45, 7) is 5.90. The molecule has 2 N–H and O–H groups in total. The van der Waals surface area contributed by atoms with E-state index in [9.17, 15) is 13.2 Å². The number of carbonyl (C=O) groups excluding carboxylic acids is 1. The lowest BCUT2D eigenvalue weighted by Crippen LogP contribution is -2.38. The van der Waals surface area contributed by atoms with E-state index < -0.39 is 16.0 Å². The SMILES string of the molecule is CCOC(=O)c1oc2ccc(S(=O)(=O)NCC3CCCNC3)cc2c1C.Cl. The molecule has 3 rings (SSSR count). The van der Waals surface area contributed by atoms with E-state index in [4.69, 9.17) is 9.15 Å². The zero-order chi connectivity index (χ0) is 18.7. The molecular weight excluding hydrogens is 392 g/mol. The molecule has 2 heterocycles. The molecule has 1 aliphatic heterocycles. The van der Waals surface area contributed by atoms with Gasteiger partial charge in [0, 0.05) is 17.5 Å². The van der Waals surface area contributed by atoms with E-state index in [1.54, 1.807) is 26.0 Å². The summed E-state index contributed by atoms with van der Waals surface area (Å²) < 4.78 is 38.4. The van der Waals surface area contributed by atoms with E-state index in [0.717, 1.165) is 25.9 Å². The molecule has 1 aromatic carbocycles. The molecule has 0 radical (unpaired) electrons. The largest absolute Gasteiger partial charge is 0.460 e. The number of rotatable bonds is 6. The van der Waals surface area contributed by atoms with Crippen LogP contribution in [-0.2, 0) is 14.8 Å². The molecule has 150 valence electrons. The average Bonchev–Trinajstić information content (AvgIpc) is 2.98. The molecule has 1 aliphatic rings. The van der Waals surface area contributed by atoms with Gasteiger partial charge in [-0.2, -0.15) is 0 Å². The van der Waals surface area contributed by atoms with E-state index in [1.807, 2.05) is 0 Å². The first-order valence-corrected chi connectivity index (χ1v) is 10.3. The lowest BCUT2D eigenvalue weighted by Gasteiger charge is -2.22. The highest BCUT2D eigenvalue weighted by Gasteiger charge is 2.22. The van der Waals surface area contributed by atoms with Crippen LogP contribution >= 0.6 is 12.4 Å². The van der Waals surface area contributed by atoms with Crippen molar-refractivity contribution in [2.75, 3.05) is 26.2 Å². The molecule has 9 heteroatoms. The first-order valence-electron chi connectivity index (χ1n) is 8.83. The van der Waals surface area contributed by atoms with Crippen LogP contribution in [0.15, 0.2) is 27.5 Å². The highest BCUT2D eigenvalue weighted by Crippen LogP contribution is 2.28. The molecule has 0 aliphatic carbocycles. The van der Waals surface area contributed by atoms with Gasteiger partial charge in [-0.05, 0) is 63.9 Å². The Morgan fingerprint density at radius 3 is 2.85 bits per heavy atom. The number of sulfonamides is 1. The number of piperidine rings is 1. The van der Waals surface area contributed by atoms with Crippen LogP contribution in [0.5, 0.6) is 0 Å². The summed E-state index contributed by atoms with van der Waals surface area (Å²) in [6.07, 6.45) is 2.07. The monoisotopic (exact) mass is 416 g/mol. The van der Waals surface area contributed by atoms with E-state index >= 15 is 0 Å². The number of carbonyl (C=O) groups is 1. The summed E-state index contributed by atoms with van der Waals surface area (Å²) in [4.78, 5) is 12.1. The molecule has 2 aromatic rings. The Bertz CT molecular complexity index is 904. The molecule has 1 saturated heterocycles. The predicted octanol–water partition coefficient (Wildman–Crippen LogP) is 2.62. The maximum atomic E-state index is 12.6. The predicted molar refractivity (Wildman–Crippen MR) is 105 cm³/mol. The van der Waals surface area contributed by atoms with Crippen molar-refractivity contribution >= 4 is 39.4 Å². The van der Waals surface area contributed by atoms with Crippen LogP contribution in [0.3, 0.4) is 0 Å². The number of esters is 1. The molecule has 0 saturated carbocycles.